The standard InChI is InChI=1S/C12H20N6/c1-9(2)12(13)10-8-18(16-15-10)6-4-11-14-5-7-17(11)3/h5,7-9,12H,4,6,13H2,1-3H3. The van der Waals surface area contributed by atoms with Gasteiger partial charge in [-0.05, 0) is 5.92 Å². The van der Waals surface area contributed by atoms with Crippen molar-refractivity contribution in [1.29, 1.82) is 0 Å². The van der Waals surface area contributed by atoms with Crippen LogP contribution in [0.3, 0.4) is 0 Å². The van der Waals surface area contributed by atoms with Crippen molar-refractivity contribution in [2.45, 2.75) is 32.9 Å². The van der Waals surface area contributed by atoms with E-state index < -0.39 is 0 Å². The van der Waals surface area contributed by atoms with Gasteiger partial charge in [0.15, 0.2) is 0 Å². The highest BCUT2D eigenvalue weighted by Crippen LogP contribution is 2.15. The van der Waals surface area contributed by atoms with E-state index in [1.807, 2.05) is 28.7 Å². The molecule has 18 heavy (non-hydrogen) atoms. The molecule has 0 aliphatic carbocycles. The molecule has 0 aliphatic rings. The largest absolute Gasteiger partial charge is 0.338 e. The van der Waals surface area contributed by atoms with Crippen LogP contribution in [0.5, 0.6) is 0 Å². The van der Waals surface area contributed by atoms with E-state index >= 15 is 0 Å². The highest BCUT2D eigenvalue weighted by molar-refractivity contribution is 5.01. The third kappa shape index (κ3) is 2.76. The fraction of sp³-hybridized carbons (Fsp3) is 0.583. The van der Waals surface area contributed by atoms with Gasteiger partial charge in [0, 0.05) is 32.4 Å². The molecule has 0 spiro atoms. The molecule has 0 fully saturated rings. The molecule has 2 rings (SSSR count). The Kier molecular flexibility index (Phi) is 3.76. The molecule has 6 nitrogen and oxygen atoms in total. The summed E-state index contributed by atoms with van der Waals surface area (Å²) in [4.78, 5) is 4.28. The highest BCUT2D eigenvalue weighted by Gasteiger charge is 2.14. The molecule has 2 heterocycles. The first-order valence-electron chi connectivity index (χ1n) is 6.19. The lowest BCUT2D eigenvalue weighted by Gasteiger charge is -2.11. The SMILES string of the molecule is CC(C)C(N)c1cn(CCc2nccn2C)nn1. The zero-order chi connectivity index (χ0) is 13.1. The molecule has 0 saturated heterocycles. The van der Waals surface area contributed by atoms with E-state index in [2.05, 4.69) is 29.1 Å². The van der Waals surface area contributed by atoms with Crippen molar-refractivity contribution >= 4 is 0 Å². The van der Waals surface area contributed by atoms with Crippen molar-refractivity contribution in [3.8, 4) is 0 Å². The molecule has 0 amide bonds. The lowest BCUT2D eigenvalue weighted by atomic mass is 10.0. The third-order valence-electron chi connectivity index (χ3n) is 3.10. The van der Waals surface area contributed by atoms with E-state index in [0.29, 0.717) is 5.92 Å². The summed E-state index contributed by atoms with van der Waals surface area (Å²) in [6, 6.07) is -0.0492. The Bertz CT molecular complexity index is 498. The minimum atomic E-state index is -0.0492. The maximum Gasteiger partial charge on any atom is 0.110 e. The molecule has 2 N–H and O–H groups in total. The third-order valence-corrected chi connectivity index (χ3v) is 3.10. The van der Waals surface area contributed by atoms with Crippen molar-refractivity contribution < 1.29 is 0 Å². The van der Waals surface area contributed by atoms with E-state index in [0.717, 1.165) is 24.5 Å². The molecule has 0 aromatic carbocycles. The predicted octanol–water partition coefficient (Wildman–Crippen LogP) is 0.910. The van der Waals surface area contributed by atoms with Gasteiger partial charge in [0.05, 0.1) is 17.9 Å². The Morgan fingerprint density at radius 3 is 2.78 bits per heavy atom. The van der Waals surface area contributed by atoms with Gasteiger partial charge in [-0.1, -0.05) is 19.1 Å². The number of imidazole rings is 1. The average Bonchev–Trinajstić information content (AvgIpc) is 2.94. The van der Waals surface area contributed by atoms with Crippen LogP contribution in [-0.2, 0) is 20.0 Å². The van der Waals surface area contributed by atoms with Gasteiger partial charge in [-0.15, -0.1) is 5.10 Å². The molecular weight excluding hydrogens is 228 g/mol. The molecule has 1 atom stereocenters. The Balaban J connectivity index is 1.97. The summed E-state index contributed by atoms with van der Waals surface area (Å²) in [6.45, 7) is 4.93. The predicted molar refractivity (Wildman–Crippen MR) is 68.7 cm³/mol. The van der Waals surface area contributed by atoms with Crippen molar-refractivity contribution in [1.82, 2.24) is 24.5 Å². The lowest BCUT2D eigenvalue weighted by Crippen LogP contribution is -2.17. The molecule has 98 valence electrons. The summed E-state index contributed by atoms with van der Waals surface area (Å²) in [5.41, 5.74) is 6.89. The zero-order valence-electron chi connectivity index (χ0n) is 11.1. The minimum Gasteiger partial charge on any atom is -0.338 e. The summed E-state index contributed by atoms with van der Waals surface area (Å²) in [7, 11) is 1.99. The van der Waals surface area contributed by atoms with Crippen LogP contribution in [0.25, 0.3) is 0 Å². The molecule has 0 radical (unpaired) electrons. The quantitative estimate of drug-likeness (QED) is 0.853. The Morgan fingerprint density at radius 2 is 2.17 bits per heavy atom. The maximum atomic E-state index is 6.03. The summed E-state index contributed by atoms with van der Waals surface area (Å²) in [6.07, 6.45) is 6.50. The number of nitrogens with two attached hydrogens (primary N) is 1. The zero-order valence-corrected chi connectivity index (χ0v) is 11.1. The van der Waals surface area contributed by atoms with Crippen LogP contribution in [0.2, 0.25) is 0 Å². The summed E-state index contributed by atoms with van der Waals surface area (Å²) in [5, 5.41) is 8.22. The van der Waals surface area contributed by atoms with Gasteiger partial charge in [-0.2, -0.15) is 0 Å². The molecular formula is C12H20N6. The average molecular weight is 248 g/mol. The number of nitrogens with zero attached hydrogens (tertiary/aromatic N) is 5. The van der Waals surface area contributed by atoms with Crippen LogP contribution >= 0.6 is 0 Å². The van der Waals surface area contributed by atoms with Gasteiger partial charge in [-0.3, -0.25) is 4.68 Å². The monoisotopic (exact) mass is 248 g/mol. The number of hydrogen-bond acceptors (Lipinski definition) is 4. The normalized spacial score (nSPS) is 13.2. The molecule has 0 aliphatic heterocycles. The smallest absolute Gasteiger partial charge is 0.110 e. The highest BCUT2D eigenvalue weighted by atomic mass is 15.4. The van der Waals surface area contributed by atoms with Gasteiger partial charge in [0.2, 0.25) is 0 Å². The number of hydrogen-bond donors (Lipinski definition) is 1. The first kappa shape index (κ1) is 12.8. The Labute approximate surface area is 107 Å². The van der Waals surface area contributed by atoms with Gasteiger partial charge in [0.25, 0.3) is 0 Å². The van der Waals surface area contributed by atoms with Crippen molar-refractivity contribution in [2.24, 2.45) is 18.7 Å². The van der Waals surface area contributed by atoms with Gasteiger partial charge >= 0.3 is 0 Å². The van der Waals surface area contributed by atoms with Crippen molar-refractivity contribution in [3.63, 3.8) is 0 Å². The first-order chi connectivity index (χ1) is 8.58. The van der Waals surface area contributed by atoms with E-state index in [1.54, 1.807) is 6.20 Å². The molecule has 2 aromatic heterocycles. The molecule has 0 bridgehead atoms. The molecule has 6 heteroatoms. The topological polar surface area (TPSA) is 74.6 Å². The number of aryl methyl sites for hydroxylation is 3. The van der Waals surface area contributed by atoms with E-state index in [9.17, 15) is 0 Å². The second-order valence-corrected chi connectivity index (χ2v) is 4.88. The summed E-state index contributed by atoms with van der Waals surface area (Å²) >= 11 is 0. The van der Waals surface area contributed by atoms with Crippen LogP contribution in [0.4, 0.5) is 0 Å². The number of aromatic nitrogens is 5. The fourth-order valence-electron chi connectivity index (χ4n) is 1.77. The summed E-state index contributed by atoms with van der Waals surface area (Å²) < 4.78 is 3.84. The van der Waals surface area contributed by atoms with Gasteiger partial charge in [-0.25, -0.2) is 4.98 Å². The van der Waals surface area contributed by atoms with Gasteiger partial charge < -0.3 is 10.3 Å². The lowest BCUT2D eigenvalue weighted by molar-refractivity contribution is 0.502. The molecule has 2 aromatic rings. The van der Waals surface area contributed by atoms with Crippen LogP contribution < -0.4 is 5.73 Å². The molecule has 0 saturated carbocycles. The maximum absolute atomic E-state index is 6.03. The van der Waals surface area contributed by atoms with E-state index in [4.69, 9.17) is 5.73 Å². The summed E-state index contributed by atoms with van der Waals surface area (Å²) in [5.74, 6) is 1.41. The van der Waals surface area contributed by atoms with Gasteiger partial charge in [0.1, 0.15) is 5.82 Å². The minimum absolute atomic E-state index is 0.0492. The van der Waals surface area contributed by atoms with E-state index in [1.165, 1.54) is 0 Å². The first-order valence-corrected chi connectivity index (χ1v) is 6.19. The van der Waals surface area contributed by atoms with Crippen LogP contribution in [-0.4, -0.2) is 24.5 Å². The van der Waals surface area contributed by atoms with Crippen molar-refractivity contribution in [2.75, 3.05) is 0 Å². The Morgan fingerprint density at radius 1 is 1.39 bits per heavy atom. The van der Waals surface area contributed by atoms with E-state index in [-0.39, 0.29) is 6.04 Å². The fourth-order valence-corrected chi connectivity index (χ4v) is 1.77. The second kappa shape index (κ2) is 5.30. The van der Waals surface area contributed by atoms with Crippen LogP contribution in [0, 0.1) is 5.92 Å². The van der Waals surface area contributed by atoms with Crippen molar-refractivity contribution in [3.05, 3.63) is 30.1 Å². The second-order valence-electron chi connectivity index (χ2n) is 4.88. The Hall–Kier alpha value is -1.69. The van der Waals surface area contributed by atoms with Crippen LogP contribution in [0.1, 0.15) is 31.4 Å². The van der Waals surface area contributed by atoms with Crippen LogP contribution in [0.15, 0.2) is 18.6 Å². The molecule has 1 unspecified atom stereocenters. The number of rotatable bonds is 5.